The van der Waals surface area contributed by atoms with Crippen LogP contribution in [-0.4, -0.2) is 51.8 Å². The summed E-state index contributed by atoms with van der Waals surface area (Å²) in [5.74, 6) is 1.14. The van der Waals surface area contributed by atoms with Gasteiger partial charge in [-0.15, -0.1) is 0 Å². The molecule has 1 aliphatic rings. The number of nitrogens with zero attached hydrogens (tertiary/aromatic N) is 1. The zero-order chi connectivity index (χ0) is 18.5. The fraction of sp³-hybridized carbons (Fsp3) is 0.737. The fourth-order valence-corrected chi connectivity index (χ4v) is 3.76. The van der Waals surface area contributed by atoms with Crippen molar-refractivity contribution in [2.75, 3.05) is 18.1 Å². The maximum Gasteiger partial charge on any atom is 0.303 e. The Morgan fingerprint density at radius 1 is 1.24 bits per heavy atom. The van der Waals surface area contributed by atoms with E-state index in [2.05, 4.69) is 6.92 Å². The SMILES string of the molecule is CCCCCC(=O)/C=C/[C@H]1CCCC(=O)N1CCSCCCC(=O)O. The smallest absolute Gasteiger partial charge is 0.303 e. The van der Waals surface area contributed by atoms with E-state index in [9.17, 15) is 14.4 Å². The number of likely N-dealkylation sites (tertiary alicyclic amines) is 1. The minimum Gasteiger partial charge on any atom is -0.481 e. The second kappa shape index (κ2) is 13.0. The average Bonchev–Trinajstić information content (AvgIpc) is 2.57. The van der Waals surface area contributed by atoms with Crippen LogP contribution >= 0.6 is 11.8 Å². The number of ketones is 1. The molecule has 5 nitrogen and oxygen atoms in total. The lowest BCUT2D eigenvalue weighted by Crippen LogP contribution is -2.43. The molecule has 1 atom stereocenters. The van der Waals surface area contributed by atoms with Crippen LogP contribution in [0.15, 0.2) is 12.2 Å². The number of carboxylic acid groups (broad SMARTS) is 1. The van der Waals surface area contributed by atoms with Crippen molar-refractivity contribution >= 4 is 29.4 Å². The Balaban J connectivity index is 2.38. The van der Waals surface area contributed by atoms with Gasteiger partial charge >= 0.3 is 5.97 Å². The van der Waals surface area contributed by atoms with Gasteiger partial charge in [-0.05, 0) is 37.5 Å². The van der Waals surface area contributed by atoms with Gasteiger partial charge in [-0.3, -0.25) is 14.4 Å². The van der Waals surface area contributed by atoms with Crippen LogP contribution in [0.2, 0.25) is 0 Å². The second-order valence-corrected chi connectivity index (χ2v) is 7.66. The molecule has 0 aromatic heterocycles. The van der Waals surface area contributed by atoms with Crippen LogP contribution in [0.4, 0.5) is 0 Å². The highest BCUT2D eigenvalue weighted by Crippen LogP contribution is 2.20. The number of hydrogen-bond acceptors (Lipinski definition) is 4. The summed E-state index contributed by atoms with van der Waals surface area (Å²) in [6, 6.07) is 0.0241. The number of piperidine rings is 1. The zero-order valence-electron chi connectivity index (χ0n) is 15.2. The summed E-state index contributed by atoms with van der Waals surface area (Å²) in [5, 5.41) is 8.62. The minimum atomic E-state index is -0.763. The van der Waals surface area contributed by atoms with E-state index >= 15 is 0 Å². The Labute approximate surface area is 155 Å². The summed E-state index contributed by atoms with van der Waals surface area (Å²) in [6.07, 6.45) is 10.5. The molecule has 142 valence electrons. The number of carbonyl (C=O) groups excluding carboxylic acids is 2. The van der Waals surface area contributed by atoms with Gasteiger partial charge in [0.05, 0.1) is 6.04 Å². The topological polar surface area (TPSA) is 74.7 Å². The van der Waals surface area contributed by atoms with E-state index in [-0.39, 0.29) is 24.2 Å². The van der Waals surface area contributed by atoms with Gasteiger partial charge in [-0.25, -0.2) is 0 Å². The molecule has 0 unspecified atom stereocenters. The number of thioether (sulfide) groups is 1. The van der Waals surface area contributed by atoms with Crippen LogP contribution in [0.1, 0.15) is 64.7 Å². The summed E-state index contributed by atoms with van der Waals surface area (Å²) in [6.45, 7) is 2.78. The first-order chi connectivity index (χ1) is 12.0. The summed E-state index contributed by atoms with van der Waals surface area (Å²) in [5.41, 5.74) is 0. The average molecular weight is 370 g/mol. The predicted octanol–water partition coefficient (Wildman–Crippen LogP) is 3.67. The summed E-state index contributed by atoms with van der Waals surface area (Å²) < 4.78 is 0. The van der Waals surface area contributed by atoms with Gasteiger partial charge in [0.2, 0.25) is 5.91 Å². The number of carbonyl (C=O) groups is 3. The van der Waals surface area contributed by atoms with Crippen molar-refractivity contribution in [1.82, 2.24) is 4.90 Å². The highest BCUT2D eigenvalue weighted by atomic mass is 32.2. The third-order valence-electron chi connectivity index (χ3n) is 4.30. The van der Waals surface area contributed by atoms with E-state index in [0.717, 1.165) is 43.6 Å². The van der Waals surface area contributed by atoms with Crippen molar-refractivity contribution in [2.45, 2.75) is 70.8 Å². The first-order valence-corrected chi connectivity index (χ1v) is 10.5. The van der Waals surface area contributed by atoms with E-state index in [1.807, 2.05) is 11.0 Å². The minimum absolute atomic E-state index is 0.0241. The largest absolute Gasteiger partial charge is 0.481 e. The second-order valence-electron chi connectivity index (χ2n) is 6.44. The van der Waals surface area contributed by atoms with Crippen LogP contribution in [0.3, 0.4) is 0 Å². The molecule has 0 radical (unpaired) electrons. The maximum absolute atomic E-state index is 12.2. The van der Waals surface area contributed by atoms with Gasteiger partial charge in [-0.2, -0.15) is 11.8 Å². The van der Waals surface area contributed by atoms with Crippen molar-refractivity contribution < 1.29 is 19.5 Å². The van der Waals surface area contributed by atoms with Gasteiger partial charge in [-0.1, -0.05) is 25.8 Å². The zero-order valence-corrected chi connectivity index (χ0v) is 16.1. The molecule has 0 aliphatic carbocycles. The third kappa shape index (κ3) is 9.68. The standard InChI is InChI=1S/C19H31NO4S/c1-2-3-4-8-17(21)12-11-16-7-5-9-18(22)20(16)13-15-25-14-6-10-19(23)24/h11-12,16H,2-10,13-15H2,1H3,(H,23,24)/b12-11+/t16-/m1/s1. The molecule has 1 amide bonds. The number of aliphatic carboxylic acids is 1. The van der Waals surface area contributed by atoms with Crippen LogP contribution < -0.4 is 0 Å². The molecule has 1 N–H and O–H groups in total. The van der Waals surface area contributed by atoms with Crippen LogP contribution in [-0.2, 0) is 14.4 Å². The third-order valence-corrected chi connectivity index (χ3v) is 5.35. The van der Waals surface area contributed by atoms with Gasteiger partial charge in [0, 0.05) is 31.6 Å². The van der Waals surface area contributed by atoms with E-state index in [0.29, 0.717) is 25.8 Å². The molecule has 1 heterocycles. The first kappa shape index (κ1) is 21.7. The number of unbranched alkanes of at least 4 members (excludes halogenated alkanes) is 2. The van der Waals surface area contributed by atoms with Crippen molar-refractivity contribution in [3.63, 3.8) is 0 Å². The Kier molecular flexibility index (Phi) is 11.3. The number of hydrogen-bond donors (Lipinski definition) is 1. The van der Waals surface area contributed by atoms with Gasteiger partial charge in [0.15, 0.2) is 5.78 Å². The van der Waals surface area contributed by atoms with Crippen LogP contribution in [0.5, 0.6) is 0 Å². The lowest BCUT2D eigenvalue weighted by molar-refractivity contribution is -0.137. The quantitative estimate of drug-likeness (QED) is 0.396. The highest BCUT2D eigenvalue weighted by molar-refractivity contribution is 7.99. The molecule has 0 saturated carbocycles. The van der Waals surface area contributed by atoms with Gasteiger partial charge in [0.1, 0.15) is 0 Å². The molecular weight excluding hydrogens is 338 g/mol. The van der Waals surface area contributed by atoms with E-state index in [1.165, 1.54) is 0 Å². The Hall–Kier alpha value is -1.30. The monoisotopic (exact) mass is 369 g/mol. The molecule has 1 rings (SSSR count). The van der Waals surface area contributed by atoms with Crippen molar-refractivity contribution in [3.05, 3.63) is 12.2 Å². The first-order valence-electron chi connectivity index (χ1n) is 9.34. The molecule has 1 aliphatic heterocycles. The predicted molar refractivity (Wildman–Crippen MR) is 102 cm³/mol. The molecule has 6 heteroatoms. The highest BCUT2D eigenvalue weighted by Gasteiger charge is 2.25. The fourth-order valence-electron chi connectivity index (χ4n) is 2.88. The Bertz CT molecular complexity index is 464. The van der Waals surface area contributed by atoms with Gasteiger partial charge < -0.3 is 10.0 Å². The molecule has 0 aromatic carbocycles. The molecular formula is C19H31NO4S. The number of amides is 1. The van der Waals surface area contributed by atoms with Crippen molar-refractivity contribution in [2.24, 2.45) is 0 Å². The summed E-state index contributed by atoms with van der Waals surface area (Å²) in [4.78, 5) is 36.4. The van der Waals surface area contributed by atoms with Crippen LogP contribution in [0, 0.1) is 0 Å². The van der Waals surface area contributed by atoms with E-state index < -0.39 is 5.97 Å². The number of allylic oxidation sites excluding steroid dienone is 1. The van der Waals surface area contributed by atoms with Crippen molar-refractivity contribution in [1.29, 1.82) is 0 Å². The maximum atomic E-state index is 12.2. The van der Waals surface area contributed by atoms with E-state index in [4.69, 9.17) is 5.11 Å². The molecule has 0 bridgehead atoms. The van der Waals surface area contributed by atoms with Crippen molar-refractivity contribution in [3.8, 4) is 0 Å². The number of rotatable bonds is 13. The van der Waals surface area contributed by atoms with E-state index in [1.54, 1.807) is 17.8 Å². The van der Waals surface area contributed by atoms with Crippen LogP contribution in [0.25, 0.3) is 0 Å². The lowest BCUT2D eigenvalue weighted by Gasteiger charge is -2.34. The summed E-state index contributed by atoms with van der Waals surface area (Å²) in [7, 11) is 0. The Morgan fingerprint density at radius 3 is 2.76 bits per heavy atom. The molecule has 25 heavy (non-hydrogen) atoms. The molecule has 1 fully saturated rings. The molecule has 0 aromatic rings. The number of carboxylic acids is 1. The van der Waals surface area contributed by atoms with Gasteiger partial charge in [0.25, 0.3) is 0 Å². The molecule has 0 spiro atoms. The summed E-state index contributed by atoms with van der Waals surface area (Å²) >= 11 is 1.68. The molecule has 1 saturated heterocycles. The Morgan fingerprint density at radius 2 is 2.04 bits per heavy atom. The normalized spacial score (nSPS) is 18.0. The lowest BCUT2D eigenvalue weighted by atomic mass is 10.0.